The molecule has 1 atom stereocenters. The SMILES string of the molecule is CNC(=O)[C@@H](C)Oc1ccc(Cl)cc1Cl. The number of hydrogen-bond donors (Lipinski definition) is 1. The number of nitrogens with one attached hydrogen (secondary N) is 1. The fraction of sp³-hybridized carbons (Fsp3) is 0.300. The average molecular weight is 248 g/mol. The zero-order chi connectivity index (χ0) is 11.4. The predicted octanol–water partition coefficient (Wildman–Crippen LogP) is 2.51. The Balaban J connectivity index is 2.76. The van der Waals surface area contributed by atoms with E-state index in [1.54, 1.807) is 32.2 Å². The van der Waals surface area contributed by atoms with Gasteiger partial charge in [-0.25, -0.2) is 0 Å². The molecule has 0 aliphatic carbocycles. The van der Waals surface area contributed by atoms with Crippen molar-refractivity contribution in [1.82, 2.24) is 5.32 Å². The van der Waals surface area contributed by atoms with Crippen LogP contribution in [0.25, 0.3) is 0 Å². The lowest BCUT2D eigenvalue weighted by atomic mass is 10.3. The lowest BCUT2D eigenvalue weighted by molar-refractivity contribution is -0.126. The van der Waals surface area contributed by atoms with Gasteiger partial charge in [0, 0.05) is 12.1 Å². The van der Waals surface area contributed by atoms with Gasteiger partial charge in [0.2, 0.25) is 0 Å². The summed E-state index contributed by atoms with van der Waals surface area (Å²) < 4.78 is 5.35. The Labute approximate surface area is 98.3 Å². The van der Waals surface area contributed by atoms with E-state index >= 15 is 0 Å². The van der Waals surface area contributed by atoms with Gasteiger partial charge in [0.05, 0.1) is 5.02 Å². The number of hydrogen-bond acceptors (Lipinski definition) is 2. The Bertz CT molecular complexity index is 368. The fourth-order valence-electron chi connectivity index (χ4n) is 1.02. The van der Waals surface area contributed by atoms with E-state index in [0.717, 1.165) is 0 Å². The number of rotatable bonds is 3. The first-order valence-corrected chi connectivity index (χ1v) is 5.13. The number of ether oxygens (including phenoxy) is 1. The summed E-state index contributed by atoms with van der Waals surface area (Å²) in [4.78, 5) is 11.2. The maximum absolute atomic E-state index is 11.2. The molecule has 1 amide bonds. The van der Waals surface area contributed by atoms with E-state index in [1.807, 2.05) is 0 Å². The van der Waals surface area contributed by atoms with Crippen LogP contribution in [0.5, 0.6) is 5.75 Å². The van der Waals surface area contributed by atoms with Crippen LogP contribution in [0.1, 0.15) is 6.92 Å². The Hall–Kier alpha value is -0.930. The van der Waals surface area contributed by atoms with Crippen molar-refractivity contribution in [2.24, 2.45) is 0 Å². The fourth-order valence-corrected chi connectivity index (χ4v) is 1.47. The summed E-state index contributed by atoms with van der Waals surface area (Å²) in [5.41, 5.74) is 0. The number of likely N-dealkylation sites (N-methyl/N-ethyl adjacent to an activating group) is 1. The molecule has 0 unspecified atom stereocenters. The van der Waals surface area contributed by atoms with Crippen LogP contribution >= 0.6 is 23.2 Å². The maximum Gasteiger partial charge on any atom is 0.260 e. The van der Waals surface area contributed by atoms with Crippen molar-refractivity contribution >= 4 is 29.1 Å². The largest absolute Gasteiger partial charge is 0.479 e. The summed E-state index contributed by atoms with van der Waals surface area (Å²) in [7, 11) is 1.55. The highest BCUT2D eigenvalue weighted by molar-refractivity contribution is 6.35. The third-order valence-electron chi connectivity index (χ3n) is 1.81. The molecule has 1 aromatic rings. The molecule has 1 aromatic carbocycles. The summed E-state index contributed by atoms with van der Waals surface area (Å²) in [6, 6.07) is 4.85. The molecular weight excluding hydrogens is 237 g/mol. The molecule has 3 nitrogen and oxygen atoms in total. The van der Waals surface area contributed by atoms with E-state index in [-0.39, 0.29) is 5.91 Å². The topological polar surface area (TPSA) is 38.3 Å². The Kier molecular flexibility index (Phi) is 4.24. The highest BCUT2D eigenvalue weighted by atomic mass is 35.5. The van der Waals surface area contributed by atoms with Crippen molar-refractivity contribution in [3.63, 3.8) is 0 Å². The Morgan fingerprint density at radius 3 is 2.67 bits per heavy atom. The summed E-state index contributed by atoms with van der Waals surface area (Å²) in [6.45, 7) is 1.64. The van der Waals surface area contributed by atoms with E-state index in [2.05, 4.69) is 5.32 Å². The van der Waals surface area contributed by atoms with Crippen LogP contribution in [0.3, 0.4) is 0 Å². The van der Waals surface area contributed by atoms with Crippen molar-refractivity contribution < 1.29 is 9.53 Å². The molecular formula is C10H11Cl2NO2. The second kappa shape index (κ2) is 5.24. The first-order chi connectivity index (χ1) is 7.04. The molecule has 5 heteroatoms. The molecule has 0 spiro atoms. The van der Waals surface area contributed by atoms with Crippen LogP contribution in [-0.4, -0.2) is 19.1 Å². The number of carbonyl (C=O) groups excluding carboxylic acids is 1. The van der Waals surface area contributed by atoms with E-state index in [1.165, 1.54) is 0 Å². The number of halogens is 2. The minimum Gasteiger partial charge on any atom is -0.479 e. The molecule has 1 N–H and O–H groups in total. The van der Waals surface area contributed by atoms with Gasteiger partial charge >= 0.3 is 0 Å². The number of carbonyl (C=O) groups is 1. The van der Waals surface area contributed by atoms with Gasteiger partial charge in [0.1, 0.15) is 5.75 Å². The minimum atomic E-state index is -0.589. The molecule has 1 rings (SSSR count). The number of amides is 1. The molecule has 0 radical (unpaired) electrons. The molecule has 0 aliphatic heterocycles. The number of benzene rings is 1. The van der Waals surface area contributed by atoms with Crippen LogP contribution in [-0.2, 0) is 4.79 Å². The van der Waals surface area contributed by atoms with Crippen molar-refractivity contribution in [3.8, 4) is 5.75 Å². The van der Waals surface area contributed by atoms with Gasteiger partial charge in [-0.3, -0.25) is 4.79 Å². The van der Waals surface area contributed by atoms with E-state index in [0.29, 0.717) is 15.8 Å². The van der Waals surface area contributed by atoms with E-state index < -0.39 is 6.10 Å². The maximum atomic E-state index is 11.2. The normalized spacial score (nSPS) is 12.0. The average Bonchev–Trinajstić information content (AvgIpc) is 2.20. The van der Waals surface area contributed by atoms with Gasteiger partial charge in [-0.2, -0.15) is 0 Å². The summed E-state index contributed by atoms with van der Waals surface area (Å²) in [5.74, 6) is 0.234. The summed E-state index contributed by atoms with van der Waals surface area (Å²) in [6.07, 6.45) is -0.589. The van der Waals surface area contributed by atoms with Crippen LogP contribution in [0.4, 0.5) is 0 Å². The minimum absolute atomic E-state index is 0.207. The van der Waals surface area contributed by atoms with Gasteiger partial charge in [-0.1, -0.05) is 23.2 Å². The van der Waals surface area contributed by atoms with Gasteiger partial charge in [0.15, 0.2) is 6.10 Å². The standard InChI is InChI=1S/C10H11Cl2NO2/c1-6(10(14)13-2)15-9-4-3-7(11)5-8(9)12/h3-6H,1-2H3,(H,13,14)/t6-/m1/s1. The van der Waals surface area contributed by atoms with Crippen LogP contribution in [0, 0.1) is 0 Å². The van der Waals surface area contributed by atoms with Crippen molar-refractivity contribution in [2.75, 3.05) is 7.05 Å². The molecule has 0 bridgehead atoms. The van der Waals surface area contributed by atoms with Crippen molar-refractivity contribution in [1.29, 1.82) is 0 Å². The third-order valence-corrected chi connectivity index (χ3v) is 2.34. The van der Waals surface area contributed by atoms with Gasteiger partial charge < -0.3 is 10.1 Å². The molecule has 15 heavy (non-hydrogen) atoms. The van der Waals surface area contributed by atoms with Crippen LogP contribution < -0.4 is 10.1 Å². The highest BCUT2D eigenvalue weighted by Gasteiger charge is 2.14. The van der Waals surface area contributed by atoms with Crippen molar-refractivity contribution in [3.05, 3.63) is 28.2 Å². The molecule has 0 aliphatic rings. The van der Waals surface area contributed by atoms with Gasteiger partial charge in [-0.15, -0.1) is 0 Å². The quantitative estimate of drug-likeness (QED) is 0.892. The van der Waals surface area contributed by atoms with Gasteiger partial charge in [0.25, 0.3) is 5.91 Å². The monoisotopic (exact) mass is 247 g/mol. The second-order valence-electron chi connectivity index (χ2n) is 2.95. The van der Waals surface area contributed by atoms with Crippen LogP contribution in [0.2, 0.25) is 10.0 Å². The summed E-state index contributed by atoms with van der Waals surface area (Å²) >= 11 is 11.6. The lowest BCUT2D eigenvalue weighted by Crippen LogP contribution is -2.33. The molecule has 0 heterocycles. The summed E-state index contributed by atoms with van der Waals surface area (Å²) in [5, 5.41) is 3.40. The van der Waals surface area contributed by atoms with Crippen molar-refractivity contribution in [2.45, 2.75) is 13.0 Å². The third kappa shape index (κ3) is 3.29. The first kappa shape index (κ1) is 12.1. The Morgan fingerprint density at radius 2 is 2.13 bits per heavy atom. The van der Waals surface area contributed by atoms with E-state index in [4.69, 9.17) is 27.9 Å². The zero-order valence-corrected chi connectivity index (χ0v) is 9.89. The highest BCUT2D eigenvalue weighted by Crippen LogP contribution is 2.28. The lowest BCUT2D eigenvalue weighted by Gasteiger charge is -2.14. The predicted molar refractivity (Wildman–Crippen MR) is 60.6 cm³/mol. The smallest absolute Gasteiger partial charge is 0.260 e. The Morgan fingerprint density at radius 1 is 1.47 bits per heavy atom. The first-order valence-electron chi connectivity index (χ1n) is 4.38. The zero-order valence-electron chi connectivity index (χ0n) is 8.38. The van der Waals surface area contributed by atoms with Crippen LogP contribution in [0.15, 0.2) is 18.2 Å². The molecule has 82 valence electrons. The second-order valence-corrected chi connectivity index (χ2v) is 3.79. The molecule has 0 saturated carbocycles. The molecule has 0 fully saturated rings. The molecule has 0 saturated heterocycles. The molecule has 0 aromatic heterocycles. The van der Waals surface area contributed by atoms with E-state index in [9.17, 15) is 4.79 Å². The van der Waals surface area contributed by atoms with Gasteiger partial charge in [-0.05, 0) is 25.1 Å².